The Bertz CT molecular complexity index is 866. The van der Waals surface area contributed by atoms with Crippen LogP contribution >= 0.6 is 0 Å². The first-order chi connectivity index (χ1) is 15.5. The Balaban J connectivity index is 1.98. The van der Waals surface area contributed by atoms with E-state index in [-0.39, 0.29) is 23.4 Å². The van der Waals surface area contributed by atoms with Crippen LogP contribution in [0.5, 0.6) is 0 Å². The van der Waals surface area contributed by atoms with E-state index in [0.717, 1.165) is 12.8 Å². The molecule has 180 valence electrons. The van der Waals surface area contributed by atoms with Crippen molar-refractivity contribution in [1.82, 2.24) is 4.90 Å². The Hall–Kier alpha value is -2.15. The van der Waals surface area contributed by atoms with E-state index in [1.165, 1.54) is 10.4 Å². The maximum Gasteiger partial charge on any atom is 0.412 e. The van der Waals surface area contributed by atoms with Gasteiger partial charge in [0.15, 0.2) is 0 Å². The van der Waals surface area contributed by atoms with Crippen LogP contribution in [0.15, 0.2) is 60.7 Å². The lowest BCUT2D eigenvalue weighted by Gasteiger charge is -2.44. The monoisotopic (exact) mass is 469 g/mol. The number of methoxy groups -OCH3 is 1. The molecule has 1 aliphatic heterocycles. The number of ether oxygens (including phenoxy) is 2. The molecule has 2 unspecified atom stereocenters. The van der Waals surface area contributed by atoms with Crippen molar-refractivity contribution >= 4 is 24.8 Å². The highest BCUT2D eigenvalue weighted by Gasteiger charge is 2.51. The largest absolute Gasteiger partial charge is 0.444 e. The van der Waals surface area contributed by atoms with Crippen molar-refractivity contribution in [2.24, 2.45) is 0 Å². The standard InChI is InChI=1S/C27H39NO4Si/c1-26(2,3)32-25(29)28-21(18-19-24(28)30-7)20-31-33(27(4,5)6,22-14-10-8-11-15-22)23-16-12-9-13-17-23/h8-17,21,24H,18-20H2,1-7H3. The molecular formula is C27H39NO4Si. The van der Waals surface area contributed by atoms with Gasteiger partial charge in [0.2, 0.25) is 0 Å². The molecule has 0 N–H and O–H groups in total. The summed E-state index contributed by atoms with van der Waals surface area (Å²) in [6, 6.07) is 21.0. The molecule has 6 heteroatoms. The topological polar surface area (TPSA) is 48.0 Å². The van der Waals surface area contributed by atoms with Crippen molar-refractivity contribution in [3.63, 3.8) is 0 Å². The lowest BCUT2D eigenvalue weighted by atomic mass is 10.2. The van der Waals surface area contributed by atoms with Crippen molar-refractivity contribution in [2.75, 3.05) is 13.7 Å². The van der Waals surface area contributed by atoms with Gasteiger partial charge in [0.05, 0.1) is 12.6 Å². The van der Waals surface area contributed by atoms with E-state index in [1.807, 2.05) is 32.9 Å². The van der Waals surface area contributed by atoms with Crippen molar-refractivity contribution < 1.29 is 18.7 Å². The first kappa shape index (κ1) is 25.5. The Morgan fingerprint density at radius 2 is 1.42 bits per heavy atom. The highest BCUT2D eigenvalue weighted by molar-refractivity contribution is 6.99. The summed E-state index contributed by atoms with van der Waals surface area (Å²) in [5.74, 6) is 0. The van der Waals surface area contributed by atoms with Crippen LogP contribution in [0.4, 0.5) is 4.79 Å². The predicted molar refractivity (Wildman–Crippen MR) is 135 cm³/mol. The average Bonchev–Trinajstić information content (AvgIpc) is 3.17. The fourth-order valence-corrected chi connectivity index (χ4v) is 9.41. The molecule has 0 radical (unpaired) electrons. The molecule has 3 rings (SSSR count). The fraction of sp³-hybridized carbons (Fsp3) is 0.519. The maximum absolute atomic E-state index is 13.1. The highest BCUT2D eigenvalue weighted by Crippen LogP contribution is 2.38. The van der Waals surface area contributed by atoms with E-state index < -0.39 is 13.9 Å². The molecule has 0 saturated carbocycles. The van der Waals surface area contributed by atoms with Crippen LogP contribution in [0.3, 0.4) is 0 Å². The Kier molecular flexibility index (Phi) is 7.71. The number of amides is 1. The zero-order chi connectivity index (χ0) is 24.3. The summed E-state index contributed by atoms with van der Waals surface area (Å²) in [6.07, 6.45) is 0.941. The van der Waals surface area contributed by atoms with Gasteiger partial charge in [-0.15, -0.1) is 0 Å². The molecule has 5 nitrogen and oxygen atoms in total. The molecule has 2 aromatic rings. The lowest BCUT2D eigenvalue weighted by molar-refractivity contribution is -0.0462. The summed E-state index contributed by atoms with van der Waals surface area (Å²) in [4.78, 5) is 14.8. The molecule has 0 aromatic heterocycles. The predicted octanol–water partition coefficient (Wildman–Crippen LogP) is 4.94. The number of hydrogen-bond donors (Lipinski definition) is 0. The minimum Gasteiger partial charge on any atom is -0.444 e. The highest BCUT2D eigenvalue weighted by atomic mass is 28.4. The summed E-state index contributed by atoms with van der Waals surface area (Å²) in [5, 5.41) is 2.34. The number of hydrogen-bond acceptors (Lipinski definition) is 4. The molecule has 2 atom stereocenters. The summed E-state index contributed by atoms with van der Waals surface area (Å²) in [5.41, 5.74) is -0.568. The van der Waals surface area contributed by atoms with Crippen molar-refractivity contribution in [2.45, 2.75) is 77.3 Å². The maximum atomic E-state index is 13.1. The van der Waals surface area contributed by atoms with Gasteiger partial charge < -0.3 is 13.9 Å². The second-order valence-electron chi connectivity index (χ2n) is 10.8. The molecule has 1 fully saturated rings. The van der Waals surface area contributed by atoms with Gasteiger partial charge in [0, 0.05) is 7.11 Å². The van der Waals surface area contributed by atoms with E-state index in [4.69, 9.17) is 13.9 Å². The van der Waals surface area contributed by atoms with Gasteiger partial charge in [0.25, 0.3) is 8.32 Å². The zero-order valence-electron chi connectivity index (χ0n) is 21.1. The number of carbonyl (C=O) groups is 1. The summed E-state index contributed by atoms with van der Waals surface area (Å²) >= 11 is 0. The van der Waals surface area contributed by atoms with Gasteiger partial charge in [-0.05, 0) is 49.0 Å². The van der Waals surface area contributed by atoms with E-state index in [0.29, 0.717) is 6.61 Å². The molecule has 0 bridgehead atoms. The zero-order valence-corrected chi connectivity index (χ0v) is 22.1. The van der Waals surface area contributed by atoms with Crippen molar-refractivity contribution in [1.29, 1.82) is 0 Å². The fourth-order valence-electron chi connectivity index (χ4n) is 4.81. The summed E-state index contributed by atoms with van der Waals surface area (Å²) in [7, 11) is -1.03. The van der Waals surface area contributed by atoms with Crippen molar-refractivity contribution in [3.8, 4) is 0 Å². The molecule has 1 aliphatic rings. The molecule has 1 amide bonds. The van der Waals surface area contributed by atoms with Crippen LogP contribution in [0, 0.1) is 0 Å². The van der Waals surface area contributed by atoms with E-state index in [2.05, 4.69) is 69.3 Å². The lowest BCUT2D eigenvalue weighted by Crippen LogP contribution is -2.67. The minimum atomic E-state index is -2.68. The minimum absolute atomic E-state index is 0.105. The molecule has 33 heavy (non-hydrogen) atoms. The first-order valence-corrected chi connectivity index (χ1v) is 13.7. The quantitative estimate of drug-likeness (QED) is 0.563. The molecular weight excluding hydrogens is 430 g/mol. The second kappa shape index (κ2) is 10.00. The van der Waals surface area contributed by atoms with Gasteiger partial charge in [-0.2, -0.15) is 0 Å². The molecule has 1 heterocycles. The van der Waals surface area contributed by atoms with Crippen LogP contribution in [-0.4, -0.2) is 50.9 Å². The van der Waals surface area contributed by atoms with Crippen LogP contribution in [0.25, 0.3) is 0 Å². The van der Waals surface area contributed by atoms with Crippen LogP contribution < -0.4 is 10.4 Å². The molecule has 1 saturated heterocycles. The van der Waals surface area contributed by atoms with Gasteiger partial charge in [-0.1, -0.05) is 81.4 Å². The number of rotatable bonds is 6. The van der Waals surface area contributed by atoms with E-state index >= 15 is 0 Å². The van der Waals surface area contributed by atoms with Gasteiger partial charge in [-0.25, -0.2) is 4.79 Å². The van der Waals surface area contributed by atoms with Gasteiger partial charge in [0.1, 0.15) is 11.8 Å². The second-order valence-corrected chi connectivity index (χ2v) is 15.1. The molecule has 0 aliphatic carbocycles. The third-order valence-electron chi connectivity index (χ3n) is 6.24. The molecule has 0 spiro atoms. The normalized spacial score (nSPS) is 19.5. The Labute approximate surface area is 200 Å². The number of likely N-dealkylation sites (tertiary alicyclic amines) is 1. The summed E-state index contributed by atoms with van der Waals surface area (Å²) < 4.78 is 18.4. The van der Waals surface area contributed by atoms with E-state index in [9.17, 15) is 4.79 Å². The SMILES string of the molecule is COC1CCC(CO[Si](c2ccccc2)(c2ccccc2)C(C)(C)C)N1C(=O)OC(C)(C)C. The first-order valence-electron chi connectivity index (χ1n) is 11.8. The van der Waals surface area contributed by atoms with Crippen molar-refractivity contribution in [3.05, 3.63) is 60.7 Å². The van der Waals surface area contributed by atoms with Gasteiger partial charge >= 0.3 is 6.09 Å². The number of nitrogens with zero attached hydrogens (tertiary/aromatic N) is 1. The van der Waals surface area contributed by atoms with Gasteiger partial charge in [-0.3, -0.25) is 4.90 Å². The number of benzene rings is 2. The van der Waals surface area contributed by atoms with Crippen LogP contribution in [0.1, 0.15) is 54.4 Å². The van der Waals surface area contributed by atoms with E-state index in [1.54, 1.807) is 12.0 Å². The van der Waals surface area contributed by atoms with Crippen LogP contribution in [-0.2, 0) is 13.9 Å². The number of carbonyl (C=O) groups excluding carboxylic acids is 1. The Morgan fingerprint density at radius 3 is 1.85 bits per heavy atom. The smallest absolute Gasteiger partial charge is 0.412 e. The third kappa shape index (κ3) is 5.50. The average molecular weight is 470 g/mol. The Morgan fingerprint density at radius 1 is 0.909 bits per heavy atom. The summed E-state index contributed by atoms with van der Waals surface area (Å²) in [6.45, 7) is 12.9. The van der Waals surface area contributed by atoms with Crippen LogP contribution in [0.2, 0.25) is 5.04 Å². The molecule has 2 aromatic carbocycles. The third-order valence-corrected chi connectivity index (χ3v) is 11.2.